The van der Waals surface area contributed by atoms with Gasteiger partial charge < -0.3 is 9.47 Å². The van der Waals surface area contributed by atoms with Gasteiger partial charge in [0.05, 0.1) is 18.6 Å². The zero-order valence-corrected chi connectivity index (χ0v) is 13.8. The number of carbonyl (C=O) groups excluding carboxylic acids is 1. The lowest BCUT2D eigenvalue weighted by Crippen LogP contribution is -2.19. The number of carbonyl (C=O) groups is 1. The van der Waals surface area contributed by atoms with E-state index in [9.17, 15) is 4.79 Å². The summed E-state index contributed by atoms with van der Waals surface area (Å²) in [5, 5.41) is 0. The van der Waals surface area contributed by atoms with Crippen molar-refractivity contribution in [2.45, 2.75) is 69.7 Å². The highest BCUT2D eigenvalue weighted by Gasteiger charge is 2.37. The topological polar surface area (TPSA) is 35.5 Å². The van der Waals surface area contributed by atoms with Crippen LogP contribution < -0.4 is 0 Å². The molecule has 1 aliphatic carbocycles. The molecule has 0 aromatic carbocycles. The molecule has 0 radical (unpaired) electrons. The molecule has 1 fully saturated rings. The van der Waals surface area contributed by atoms with Crippen molar-refractivity contribution in [3.63, 3.8) is 0 Å². The molecule has 0 bridgehead atoms. The number of halogens is 1. The number of hydrogen-bond acceptors (Lipinski definition) is 3. The van der Waals surface area contributed by atoms with Crippen LogP contribution in [0.25, 0.3) is 0 Å². The second kappa shape index (κ2) is 9.76. The fourth-order valence-electron chi connectivity index (χ4n) is 2.51. The van der Waals surface area contributed by atoms with E-state index in [2.05, 4.69) is 22.9 Å². The van der Waals surface area contributed by atoms with Gasteiger partial charge in [-0.15, -0.1) is 0 Å². The fourth-order valence-corrected chi connectivity index (χ4v) is 3.33. The molecule has 0 saturated heterocycles. The molecule has 0 spiro atoms. The van der Waals surface area contributed by atoms with Crippen LogP contribution in [0.15, 0.2) is 0 Å². The van der Waals surface area contributed by atoms with Crippen molar-refractivity contribution in [2.75, 3.05) is 13.2 Å². The van der Waals surface area contributed by atoms with Crippen LogP contribution in [0.2, 0.25) is 0 Å². The second-order valence-electron chi connectivity index (χ2n) is 5.26. The lowest BCUT2D eigenvalue weighted by Gasteiger charge is -2.15. The summed E-state index contributed by atoms with van der Waals surface area (Å²) in [5.74, 6) is -0.0598. The Balaban J connectivity index is 2.15. The largest absolute Gasteiger partial charge is 0.466 e. The van der Waals surface area contributed by atoms with Crippen molar-refractivity contribution in [2.24, 2.45) is 5.92 Å². The highest BCUT2D eigenvalue weighted by atomic mass is 79.9. The van der Waals surface area contributed by atoms with Gasteiger partial charge in [-0.2, -0.15) is 0 Å². The van der Waals surface area contributed by atoms with Gasteiger partial charge in [-0.1, -0.05) is 48.5 Å². The molecule has 4 heteroatoms. The van der Waals surface area contributed by atoms with E-state index in [1.807, 2.05) is 6.92 Å². The van der Waals surface area contributed by atoms with E-state index in [4.69, 9.17) is 9.47 Å². The molecule has 3 atom stereocenters. The summed E-state index contributed by atoms with van der Waals surface area (Å²) >= 11 is 3.63. The Kier molecular flexibility index (Phi) is 8.71. The molecule has 1 saturated carbocycles. The summed E-state index contributed by atoms with van der Waals surface area (Å²) in [6.07, 6.45) is 8.05. The van der Waals surface area contributed by atoms with Crippen LogP contribution in [0.3, 0.4) is 0 Å². The van der Waals surface area contributed by atoms with Gasteiger partial charge in [-0.3, -0.25) is 4.79 Å². The molecule has 19 heavy (non-hydrogen) atoms. The van der Waals surface area contributed by atoms with Gasteiger partial charge in [0.2, 0.25) is 0 Å². The highest BCUT2D eigenvalue weighted by Crippen LogP contribution is 2.34. The van der Waals surface area contributed by atoms with Crippen LogP contribution in [0.5, 0.6) is 0 Å². The minimum absolute atomic E-state index is 0.00872. The van der Waals surface area contributed by atoms with Gasteiger partial charge in [-0.25, -0.2) is 0 Å². The first-order valence-corrected chi connectivity index (χ1v) is 8.52. The van der Waals surface area contributed by atoms with Crippen molar-refractivity contribution >= 4 is 21.9 Å². The Morgan fingerprint density at radius 3 is 2.58 bits per heavy atom. The van der Waals surface area contributed by atoms with Gasteiger partial charge in [0.15, 0.2) is 0 Å². The number of ether oxygens (including phenoxy) is 2. The first-order valence-electron chi connectivity index (χ1n) is 7.61. The third-order valence-corrected chi connectivity index (χ3v) is 4.59. The van der Waals surface area contributed by atoms with E-state index in [1.165, 1.54) is 25.7 Å². The molecule has 0 amide bonds. The predicted molar refractivity (Wildman–Crippen MR) is 80.6 cm³/mol. The van der Waals surface area contributed by atoms with E-state index in [1.54, 1.807) is 0 Å². The maximum absolute atomic E-state index is 11.7. The van der Waals surface area contributed by atoms with Crippen molar-refractivity contribution in [3.8, 4) is 0 Å². The van der Waals surface area contributed by atoms with Gasteiger partial charge >= 0.3 is 5.97 Å². The van der Waals surface area contributed by atoms with Crippen molar-refractivity contribution in [3.05, 3.63) is 0 Å². The summed E-state index contributed by atoms with van der Waals surface area (Å²) in [6.45, 7) is 5.35. The number of esters is 1. The maximum Gasteiger partial charge on any atom is 0.309 e. The van der Waals surface area contributed by atoms with E-state index in [0.29, 0.717) is 6.61 Å². The molecule has 1 aliphatic rings. The van der Waals surface area contributed by atoms with Gasteiger partial charge in [0.25, 0.3) is 0 Å². The fraction of sp³-hybridized carbons (Fsp3) is 0.933. The number of rotatable bonds is 9. The van der Waals surface area contributed by atoms with E-state index >= 15 is 0 Å². The Labute approximate surface area is 125 Å². The SMILES string of the molecule is CCCCCCCOC1CC(C(=O)OCC)CC1Br. The first kappa shape index (κ1) is 17.0. The maximum atomic E-state index is 11.7. The smallest absolute Gasteiger partial charge is 0.309 e. The normalized spacial score (nSPS) is 26.6. The van der Waals surface area contributed by atoms with Gasteiger partial charge in [0.1, 0.15) is 0 Å². The van der Waals surface area contributed by atoms with E-state index < -0.39 is 0 Å². The second-order valence-corrected chi connectivity index (χ2v) is 6.44. The van der Waals surface area contributed by atoms with Crippen molar-refractivity contribution < 1.29 is 14.3 Å². The molecular formula is C15H27BrO3. The molecule has 0 heterocycles. The summed E-state index contributed by atoms with van der Waals surface area (Å²) < 4.78 is 11.0. The molecule has 0 aromatic rings. The monoisotopic (exact) mass is 334 g/mol. The van der Waals surface area contributed by atoms with Crippen LogP contribution in [-0.4, -0.2) is 30.1 Å². The van der Waals surface area contributed by atoms with E-state index in [-0.39, 0.29) is 22.8 Å². The standard InChI is InChI=1S/C15H27BrO3/c1-3-5-6-7-8-9-19-14-11-12(10-13(14)16)15(17)18-4-2/h12-14H,3-11H2,1-2H3. The minimum Gasteiger partial charge on any atom is -0.466 e. The van der Waals surface area contributed by atoms with Gasteiger partial charge in [0, 0.05) is 11.4 Å². The van der Waals surface area contributed by atoms with E-state index in [0.717, 1.165) is 25.9 Å². The average molecular weight is 335 g/mol. The molecule has 3 unspecified atom stereocenters. The molecule has 0 N–H and O–H groups in total. The third-order valence-electron chi connectivity index (χ3n) is 3.63. The van der Waals surface area contributed by atoms with Crippen LogP contribution in [0.1, 0.15) is 58.8 Å². The van der Waals surface area contributed by atoms with Crippen LogP contribution in [0, 0.1) is 5.92 Å². The molecule has 0 aromatic heterocycles. The van der Waals surface area contributed by atoms with Gasteiger partial charge in [-0.05, 0) is 26.2 Å². The molecule has 0 aliphatic heterocycles. The lowest BCUT2D eigenvalue weighted by atomic mass is 10.1. The third kappa shape index (κ3) is 6.26. The average Bonchev–Trinajstić information content (AvgIpc) is 2.76. The predicted octanol–water partition coefficient (Wildman–Crippen LogP) is 4.08. The Morgan fingerprint density at radius 2 is 1.89 bits per heavy atom. The number of alkyl halides is 1. The molecule has 3 nitrogen and oxygen atoms in total. The van der Waals surface area contributed by atoms with Crippen molar-refractivity contribution in [1.29, 1.82) is 0 Å². The Hall–Kier alpha value is -0.0900. The Bertz CT molecular complexity index is 258. The van der Waals surface area contributed by atoms with Crippen LogP contribution in [0.4, 0.5) is 0 Å². The molecular weight excluding hydrogens is 308 g/mol. The zero-order chi connectivity index (χ0) is 14.1. The zero-order valence-electron chi connectivity index (χ0n) is 12.2. The quantitative estimate of drug-likeness (QED) is 0.362. The van der Waals surface area contributed by atoms with Crippen LogP contribution >= 0.6 is 15.9 Å². The summed E-state index contributed by atoms with van der Waals surface area (Å²) in [4.78, 5) is 12.0. The molecule has 112 valence electrons. The van der Waals surface area contributed by atoms with Crippen LogP contribution in [-0.2, 0) is 14.3 Å². The highest BCUT2D eigenvalue weighted by molar-refractivity contribution is 9.09. The number of hydrogen-bond donors (Lipinski definition) is 0. The molecule has 1 rings (SSSR count). The lowest BCUT2D eigenvalue weighted by molar-refractivity contribution is -0.148. The summed E-state index contributed by atoms with van der Waals surface area (Å²) in [6, 6.07) is 0. The van der Waals surface area contributed by atoms with Crippen molar-refractivity contribution in [1.82, 2.24) is 0 Å². The minimum atomic E-state index is -0.0685. The summed E-state index contributed by atoms with van der Waals surface area (Å²) in [7, 11) is 0. The summed E-state index contributed by atoms with van der Waals surface area (Å²) in [5.41, 5.74) is 0. The first-order chi connectivity index (χ1) is 9.19. The Morgan fingerprint density at radius 1 is 1.16 bits per heavy atom. The number of unbranched alkanes of at least 4 members (excludes halogenated alkanes) is 4.